The van der Waals surface area contributed by atoms with E-state index in [0.29, 0.717) is 0 Å². The lowest BCUT2D eigenvalue weighted by molar-refractivity contribution is -0.117. The first-order valence-electron chi connectivity index (χ1n) is 10.4. The van der Waals surface area contributed by atoms with E-state index >= 15 is 0 Å². The lowest BCUT2D eigenvalue weighted by Crippen LogP contribution is -2.29. The second kappa shape index (κ2) is 9.43. The molecule has 1 amide bonds. The Morgan fingerprint density at radius 3 is 2.45 bits per heavy atom. The summed E-state index contributed by atoms with van der Waals surface area (Å²) in [7, 11) is 0. The van der Waals surface area contributed by atoms with Gasteiger partial charge in [-0.25, -0.2) is 0 Å². The summed E-state index contributed by atoms with van der Waals surface area (Å²) in [6, 6.07) is 14.5. The Labute approximate surface area is 173 Å². The molecule has 2 N–H and O–H groups in total. The van der Waals surface area contributed by atoms with E-state index in [-0.39, 0.29) is 17.5 Å². The molecule has 1 unspecified atom stereocenters. The lowest BCUT2D eigenvalue weighted by Gasteiger charge is -2.21. The van der Waals surface area contributed by atoms with Crippen LogP contribution in [0.4, 0.5) is 5.69 Å². The third-order valence-corrected chi connectivity index (χ3v) is 5.46. The molecule has 0 fully saturated rings. The van der Waals surface area contributed by atoms with Crippen LogP contribution in [0.5, 0.6) is 0 Å². The molecule has 1 aliphatic rings. The number of nitriles is 1. The summed E-state index contributed by atoms with van der Waals surface area (Å²) in [4.78, 5) is 12.7. The van der Waals surface area contributed by atoms with Gasteiger partial charge in [0.2, 0.25) is 0 Å². The highest BCUT2D eigenvalue weighted by molar-refractivity contribution is 5.97. The Morgan fingerprint density at radius 1 is 1.10 bits per heavy atom. The van der Waals surface area contributed by atoms with Gasteiger partial charge < -0.3 is 10.6 Å². The number of benzene rings is 2. The Balaban J connectivity index is 1.72. The molecule has 0 aromatic heterocycles. The van der Waals surface area contributed by atoms with Crippen LogP contribution in [-0.2, 0) is 17.6 Å². The number of carbonyl (C=O) groups excluding carboxylic acids is 1. The Hall–Kier alpha value is -3.06. The molecule has 150 valence electrons. The normalized spacial score (nSPS) is 14.5. The van der Waals surface area contributed by atoms with Gasteiger partial charge in [0, 0.05) is 11.9 Å². The maximum atomic E-state index is 12.7. The molecular weight excluding hydrogens is 358 g/mol. The summed E-state index contributed by atoms with van der Waals surface area (Å²) in [5.74, 6) is -0.353. The van der Waals surface area contributed by atoms with Crippen molar-refractivity contribution in [1.29, 1.82) is 5.26 Å². The van der Waals surface area contributed by atoms with Gasteiger partial charge in [0.1, 0.15) is 11.6 Å². The summed E-state index contributed by atoms with van der Waals surface area (Å²) >= 11 is 0. The smallest absolute Gasteiger partial charge is 0.263 e. The lowest BCUT2D eigenvalue weighted by atomic mass is 9.88. The van der Waals surface area contributed by atoms with E-state index in [4.69, 9.17) is 0 Å². The fraction of sp³-hybridized carbons (Fsp3) is 0.360. The zero-order valence-electron chi connectivity index (χ0n) is 17.5. The number of nitrogens with one attached hydrogen (secondary N) is 2. The zero-order valence-corrected chi connectivity index (χ0v) is 17.5. The molecule has 0 radical (unpaired) electrons. The van der Waals surface area contributed by atoms with Crippen LogP contribution in [0.1, 0.15) is 60.0 Å². The van der Waals surface area contributed by atoms with Crippen LogP contribution < -0.4 is 10.6 Å². The third-order valence-electron chi connectivity index (χ3n) is 5.46. The van der Waals surface area contributed by atoms with Crippen molar-refractivity contribution >= 4 is 11.6 Å². The van der Waals surface area contributed by atoms with Gasteiger partial charge in [-0.05, 0) is 85.9 Å². The van der Waals surface area contributed by atoms with E-state index in [1.165, 1.54) is 30.2 Å². The Kier molecular flexibility index (Phi) is 6.72. The summed E-state index contributed by atoms with van der Waals surface area (Å²) in [5.41, 5.74) is 7.13. The van der Waals surface area contributed by atoms with Crippen LogP contribution in [0.25, 0.3) is 0 Å². The summed E-state index contributed by atoms with van der Waals surface area (Å²) in [5, 5.41) is 15.6. The highest BCUT2D eigenvalue weighted by atomic mass is 16.1. The van der Waals surface area contributed by atoms with Crippen molar-refractivity contribution in [3.8, 4) is 6.07 Å². The topological polar surface area (TPSA) is 64.9 Å². The second-order valence-corrected chi connectivity index (χ2v) is 7.86. The molecule has 3 rings (SSSR count). The molecule has 0 saturated heterocycles. The molecule has 0 saturated carbocycles. The van der Waals surface area contributed by atoms with Crippen LogP contribution in [0, 0.1) is 25.2 Å². The van der Waals surface area contributed by atoms with Crippen molar-refractivity contribution in [3.05, 3.63) is 76.0 Å². The Morgan fingerprint density at radius 2 is 1.79 bits per heavy atom. The quantitative estimate of drug-likeness (QED) is 0.524. The molecule has 4 heteroatoms. The van der Waals surface area contributed by atoms with E-state index in [0.717, 1.165) is 41.6 Å². The van der Waals surface area contributed by atoms with Crippen molar-refractivity contribution in [2.75, 3.05) is 5.32 Å². The van der Waals surface area contributed by atoms with Crippen LogP contribution in [0.15, 0.2) is 48.2 Å². The van der Waals surface area contributed by atoms with Crippen molar-refractivity contribution in [1.82, 2.24) is 5.32 Å². The van der Waals surface area contributed by atoms with Crippen molar-refractivity contribution < 1.29 is 4.79 Å². The summed E-state index contributed by atoms with van der Waals surface area (Å²) in [6.07, 6.45) is 6.99. The average molecular weight is 388 g/mol. The summed E-state index contributed by atoms with van der Waals surface area (Å²) < 4.78 is 0. The van der Waals surface area contributed by atoms with Gasteiger partial charge in [-0.3, -0.25) is 4.79 Å². The van der Waals surface area contributed by atoms with Crippen molar-refractivity contribution in [3.63, 3.8) is 0 Å². The van der Waals surface area contributed by atoms with Crippen LogP contribution >= 0.6 is 0 Å². The van der Waals surface area contributed by atoms with E-state index < -0.39 is 0 Å². The largest absolute Gasteiger partial charge is 0.360 e. The minimum atomic E-state index is -0.353. The first kappa shape index (κ1) is 20.7. The van der Waals surface area contributed by atoms with Gasteiger partial charge in [-0.1, -0.05) is 31.2 Å². The molecule has 0 spiro atoms. The summed E-state index contributed by atoms with van der Waals surface area (Å²) in [6.45, 7) is 6.09. The molecule has 29 heavy (non-hydrogen) atoms. The number of nitrogens with zero attached hydrogens (tertiary/aromatic N) is 1. The first-order chi connectivity index (χ1) is 14.0. The van der Waals surface area contributed by atoms with E-state index in [1.807, 2.05) is 39.0 Å². The fourth-order valence-corrected chi connectivity index (χ4v) is 3.99. The van der Waals surface area contributed by atoms with Gasteiger partial charge in [0.25, 0.3) is 5.91 Å². The molecule has 0 heterocycles. The zero-order chi connectivity index (χ0) is 20.8. The number of hydrogen-bond donors (Lipinski definition) is 2. The van der Waals surface area contributed by atoms with Crippen LogP contribution in [0.3, 0.4) is 0 Å². The SMILES string of the molecule is CCC(NC(=O)/C(C#N)=C\Nc1cc(C)cc(C)c1)c1ccc2c(c1)CCCC2. The second-order valence-electron chi connectivity index (χ2n) is 7.86. The number of fused-ring (bicyclic) bond motifs is 1. The Bertz CT molecular complexity index is 948. The number of aryl methyl sites for hydroxylation is 4. The van der Waals surface area contributed by atoms with E-state index in [2.05, 4.69) is 34.9 Å². The van der Waals surface area contributed by atoms with Crippen molar-refractivity contribution in [2.45, 2.75) is 58.9 Å². The van der Waals surface area contributed by atoms with Gasteiger partial charge in [-0.15, -0.1) is 0 Å². The molecule has 1 aliphatic carbocycles. The maximum absolute atomic E-state index is 12.7. The standard InChI is InChI=1S/C25H29N3O/c1-4-24(21-10-9-19-7-5-6-8-20(19)14-21)28-25(29)22(15-26)16-27-23-12-17(2)11-18(3)13-23/h9-14,16,24,27H,4-8H2,1-3H3,(H,28,29)/b22-16-. The third kappa shape index (κ3) is 5.26. The van der Waals surface area contributed by atoms with Crippen molar-refractivity contribution in [2.24, 2.45) is 0 Å². The molecule has 2 aromatic rings. The van der Waals surface area contributed by atoms with Crippen LogP contribution in [-0.4, -0.2) is 5.91 Å². The minimum Gasteiger partial charge on any atom is -0.360 e. The molecule has 4 nitrogen and oxygen atoms in total. The molecular formula is C25H29N3O. The molecule has 1 atom stereocenters. The van der Waals surface area contributed by atoms with Crippen LogP contribution in [0.2, 0.25) is 0 Å². The molecule has 2 aromatic carbocycles. The maximum Gasteiger partial charge on any atom is 0.263 e. The predicted molar refractivity (Wildman–Crippen MR) is 117 cm³/mol. The molecule has 0 bridgehead atoms. The number of rotatable bonds is 6. The highest BCUT2D eigenvalue weighted by Gasteiger charge is 2.18. The number of anilines is 1. The number of hydrogen-bond acceptors (Lipinski definition) is 3. The van der Waals surface area contributed by atoms with E-state index in [9.17, 15) is 10.1 Å². The van der Waals surface area contributed by atoms with Gasteiger partial charge in [0.15, 0.2) is 0 Å². The predicted octanol–water partition coefficient (Wildman–Crippen LogP) is 5.27. The minimum absolute atomic E-state index is 0.0700. The van der Waals surface area contributed by atoms with E-state index in [1.54, 1.807) is 0 Å². The van der Waals surface area contributed by atoms with Gasteiger partial charge >= 0.3 is 0 Å². The first-order valence-corrected chi connectivity index (χ1v) is 10.4. The average Bonchev–Trinajstić information content (AvgIpc) is 2.71. The molecule has 0 aliphatic heterocycles. The fourth-order valence-electron chi connectivity index (χ4n) is 3.99. The number of amides is 1. The number of carbonyl (C=O) groups is 1. The highest BCUT2D eigenvalue weighted by Crippen LogP contribution is 2.26. The van der Waals surface area contributed by atoms with Gasteiger partial charge in [-0.2, -0.15) is 5.26 Å². The van der Waals surface area contributed by atoms with Gasteiger partial charge in [0.05, 0.1) is 6.04 Å². The monoisotopic (exact) mass is 387 g/mol.